The molecule has 0 saturated carbocycles. The van der Waals surface area contributed by atoms with Gasteiger partial charge in [0.2, 0.25) is 5.91 Å². The average molecular weight is 514 g/mol. The van der Waals surface area contributed by atoms with Crippen molar-refractivity contribution in [2.24, 2.45) is 0 Å². The van der Waals surface area contributed by atoms with Gasteiger partial charge in [-0.2, -0.15) is 0 Å². The Kier molecular flexibility index (Phi) is 6.85. The predicted octanol–water partition coefficient (Wildman–Crippen LogP) is 5.59. The fraction of sp³-hybridized carbons (Fsp3) is 0.0500. The van der Waals surface area contributed by atoms with Crippen LogP contribution in [-0.4, -0.2) is 20.9 Å². The van der Waals surface area contributed by atoms with Gasteiger partial charge in [-0.15, -0.1) is 0 Å². The molecule has 1 amide bonds. The first-order valence-electron chi connectivity index (χ1n) is 8.35. The van der Waals surface area contributed by atoms with Gasteiger partial charge in [-0.1, -0.05) is 57.3 Å². The van der Waals surface area contributed by atoms with E-state index in [1.54, 1.807) is 42.5 Å². The number of anilines is 2. The number of halogens is 3. The van der Waals surface area contributed by atoms with E-state index < -0.39 is 22.5 Å². The van der Waals surface area contributed by atoms with Crippen molar-refractivity contribution >= 4 is 66.4 Å². The SMILES string of the molecule is O=C(CN(c1ccc(Cl)c(Cl)c1)S(=O)(=O)c1ccccc1)Nc1ccc(Br)cc1. The highest BCUT2D eigenvalue weighted by Gasteiger charge is 2.27. The van der Waals surface area contributed by atoms with E-state index in [1.807, 2.05) is 0 Å². The summed E-state index contributed by atoms with van der Waals surface area (Å²) in [5.41, 5.74) is 0.776. The van der Waals surface area contributed by atoms with E-state index >= 15 is 0 Å². The van der Waals surface area contributed by atoms with Gasteiger partial charge >= 0.3 is 0 Å². The molecule has 3 rings (SSSR count). The second-order valence-corrected chi connectivity index (χ2v) is 9.57. The lowest BCUT2D eigenvalue weighted by molar-refractivity contribution is -0.114. The number of nitrogens with zero attached hydrogens (tertiary/aromatic N) is 1. The van der Waals surface area contributed by atoms with Gasteiger partial charge in [0.05, 0.1) is 20.6 Å². The molecule has 0 unspecified atom stereocenters. The summed E-state index contributed by atoms with van der Waals surface area (Å²) in [6.07, 6.45) is 0. The number of hydrogen-bond donors (Lipinski definition) is 1. The van der Waals surface area contributed by atoms with E-state index in [9.17, 15) is 13.2 Å². The molecule has 0 aliphatic carbocycles. The highest BCUT2D eigenvalue weighted by molar-refractivity contribution is 9.10. The second kappa shape index (κ2) is 9.17. The first kappa shape index (κ1) is 21.6. The number of benzene rings is 3. The van der Waals surface area contributed by atoms with Crippen LogP contribution in [0.2, 0.25) is 10.0 Å². The summed E-state index contributed by atoms with van der Waals surface area (Å²) in [6, 6.07) is 19.2. The molecule has 150 valence electrons. The number of carbonyl (C=O) groups excluding carboxylic acids is 1. The van der Waals surface area contributed by atoms with Crippen molar-refractivity contribution in [3.63, 3.8) is 0 Å². The van der Waals surface area contributed by atoms with Crippen LogP contribution < -0.4 is 9.62 Å². The molecule has 5 nitrogen and oxygen atoms in total. The third-order valence-electron chi connectivity index (χ3n) is 3.94. The number of carbonyl (C=O) groups is 1. The number of amides is 1. The summed E-state index contributed by atoms with van der Waals surface area (Å²) in [5, 5.41) is 3.16. The summed E-state index contributed by atoms with van der Waals surface area (Å²) in [4.78, 5) is 12.7. The molecule has 3 aromatic carbocycles. The highest BCUT2D eigenvalue weighted by atomic mass is 79.9. The number of hydrogen-bond acceptors (Lipinski definition) is 3. The third kappa shape index (κ3) is 5.30. The van der Waals surface area contributed by atoms with E-state index in [0.29, 0.717) is 5.69 Å². The Hall–Kier alpha value is -2.06. The van der Waals surface area contributed by atoms with Crippen molar-refractivity contribution in [3.8, 4) is 0 Å². The van der Waals surface area contributed by atoms with Crippen LogP contribution in [-0.2, 0) is 14.8 Å². The van der Waals surface area contributed by atoms with Crippen molar-refractivity contribution < 1.29 is 13.2 Å². The van der Waals surface area contributed by atoms with Crippen molar-refractivity contribution in [3.05, 3.63) is 87.3 Å². The summed E-state index contributed by atoms with van der Waals surface area (Å²) in [7, 11) is -4.01. The van der Waals surface area contributed by atoms with Gasteiger partial charge in [0.1, 0.15) is 6.54 Å². The first-order chi connectivity index (χ1) is 13.8. The molecule has 0 bridgehead atoms. The highest BCUT2D eigenvalue weighted by Crippen LogP contribution is 2.30. The fourth-order valence-electron chi connectivity index (χ4n) is 2.54. The maximum Gasteiger partial charge on any atom is 0.264 e. The molecule has 0 fully saturated rings. The third-order valence-corrected chi connectivity index (χ3v) is 6.99. The Morgan fingerprint density at radius 2 is 1.59 bits per heavy atom. The summed E-state index contributed by atoms with van der Waals surface area (Å²) in [6.45, 7) is -0.439. The maximum atomic E-state index is 13.2. The van der Waals surface area contributed by atoms with Gasteiger partial charge in [-0.05, 0) is 54.6 Å². The molecule has 9 heteroatoms. The molecule has 0 atom stereocenters. The Morgan fingerprint density at radius 1 is 0.931 bits per heavy atom. The van der Waals surface area contributed by atoms with E-state index in [1.165, 1.54) is 30.3 Å². The van der Waals surface area contributed by atoms with Crippen molar-refractivity contribution in [1.82, 2.24) is 0 Å². The molecule has 0 aliphatic rings. The summed E-state index contributed by atoms with van der Waals surface area (Å²) >= 11 is 15.4. The Balaban J connectivity index is 1.95. The summed E-state index contributed by atoms with van der Waals surface area (Å²) in [5.74, 6) is -0.502. The molecule has 3 aromatic rings. The van der Waals surface area contributed by atoms with E-state index in [0.717, 1.165) is 8.78 Å². The van der Waals surface area contributed by atoms with Crippen molar-refractivity contribution in [2.45, 2.75) is 4.90 Å². The normalized spacial score (nSPS) is 11.1. The molecule has 0 aromatic heterocycles. The quantitative estimate of drug-likeness (QED) is 0.467. The van der Waals surface area contributed by atoms with Crippen LogP contribution in [0.4, 0.5) is 11.4 Å². The lowest BCUT2D eigenvalue weighted by Gasteiger charge is -2.24. The second-order valence-electron chi connectivity index (χ2n) is 5.98. The smallest absolute Gasteiger partial charge is 0.264 e. The monoisotopic (exact) mass is 512 g/mol. The van der Waals surface area contributed by atoms with E-state index in [-0.39, 0.29) is 20.6 Å². The zero-order chi connectivity index (χ0) is 21.0. The van der Waals surface area contributed by atoms with Gasteiger partial charge in [-0.25, -0.2) is 8.42 Å². The molecule has 0 saturated heterocycles. The molecular formula is C20H15BrCl2N2O3S. The van der Waals surface area contributed by atoms with Gasteiger partial charge in [0, 0.05) is 10.2 Å². The van der Waals surface area contributed by atoms with Crippen LogP contribution in [0.3, 0.4) is 0 Å². The van der Waals surface area contributed by atoms with Gasteiger partial charge in [0.25, 0.3) is 10.0 Å². The van der Waals surface area contributed by atoms with Crippen molar-refractivity contribution in [2.75, 3.05) is 16.2 Å². The Bertz CT molecular complexity index is 1120. The van der Waals surface area contributed by atoms with Crippen LogP contribution in [0.1, 0.15) is 0 Å². The average Bonchev–Trinajstić information content (AvgIpc) is 2.71. The molecular weight excluding hydrogens is 499 g/mol. The molecule has 0 radical (unpaired) electrons. The zero-order valence-corrected chi connectivity index (χ0v) is 18.8. The summed E-state index contributed by atoms with van der Waals surface area (Å²) < 4.78 is 28.3. The number of rotatable bonds is 6. The van der Waals surface area contributed by atoms with Gasteiger partial charge in [-0.3, -0.25) is 9.10 Å². The molecule has 0 spiro atoms. The number of sulfonamides is 1. The van der Waals surface area contributed by atoms with Gasteiger partial charge < -0.3 is 5.32 Å². The first-order valence-corrected chi connectivity index (χ1v) is 11.3. The lowest BCUT2D eigenvalue weighted by atomic mass is 10.3. The minimum Gasteiger partial charge on any atom is -0.325 e. The zero-order valence-electron chi connectivity index (χ0n) is 14.8. The van der Waals surface area contributed by atoms with Crippen LogP contribution in [0.5, 0.6) is 0 Å². The Morgan fingerprint density at radius 3 is 2.21 bits per heavy atom. The van der Waals surface area contributed by atoms with Crippen LogP contribution >= 0.6 is 39.1 Å². The molecule has 0 aliphatic heterocycles. The van der Waals surface area contributed by atoms with E-state index in [2.05, 4.69) is 21.2 Å². The topological polar surface area (TPSA) is 66.5 Å². The van der Waals surface area contributed by atoms with Gasteiger partial charge in [0.15, 0.2) is 0 Å². The number of nitrogens with one attached hydrogen (secondary N) is 1. The van der Waals surface area contributed by atoms with Crippen LogP contribution in [0, 0.1) is 0 Å². The lowest BCUT2D eigenvalue weighted by Crippen LogP contribution is -2.38. The standard InChI is InChI=1S/C20H15BrCl2N2O3S/c21-14-6-8-15(9-7-14)24-20(26)13-25(16-10-11-18(22)19(23)12-16)29(27,28)17-4-2-1-3-5-17/h1-12H,13H2,(H,24,26). The molecule has 29 heavy (non-hydrogen) atoms. The fourth-order valence-corrected chi connectivity index (χ4v) is 4.53. The Labute approximate surface area is 187 Å². The van der Waals surface area contributed by atoms with Crippen LogP contribution in [0.25, 0.3) is 0 Å². The minimum atomic E-state index is -4.01. The predicted molar refractivity (Wildman–Crippen MR) is 120 cm³/mol. The maximum absolute atomic E-state index is 13.2. The minimum absolute atomic E-state index is 0.0579. The van der Waals surface area contributed by atoms with Crippen LogP contribution in [0.15, 0.2) is 82.2 Å². The molecule has 1 N–H and O–H groups in total. The van der Waals surface area contributed by atoms with Crippen molar-refractivity contribution in [1.29, 1.82) is 0 Å². The molecule has 0 heterocycles. The van der Waals surface area contributed by atoms with E-state index in [4.69, 9.17) is 23.2 Å². The largest absolute Gasteiger partial charge is 0.325 e.